The van der Waals surface area contributed by atoms with Crippen LogP contribution in [0.2, 0.25) is 0 Å². The van der Waals surface area contributed by atoms with Crippen LogP contribution in [0.25, 0.3) is 11.3 Å². The summed E-state index contributed by atoms with van der Waals surface area (Å²) in [6, 6.07) is 14.1. The van der Waals surface area contributed by atoms with E-state index < -0.39 is 0 Å². The van der Waals surface area contributed by atoms with Crippen molar-refractivity contribution in [1.82, 2.24) is 10.1 Å². The van der Waals surface area contributed by atoms with E-state index in [2.05, 4.69) is 15.0 Å². The fraction of sp³-hybridized carbons (Fsp3) is 0.304. The molecule has 0 spiro atoms. The molecule has 0 unspecified atom stereocenters. The van der Waals surface area contributed by atoms with Gasteiger partial charge in [-0.2, -0.15) is 0 Å². The molecular formula is C23H24FN3O2. The van der Waals surface area contributed by atoms with Crippen LogP contribution in [-0.4, -0.2) is 42.0 Å². The monoisotopic (exact) mass is 393 g/mol. The second kappa shape index (κ2) is 8.17. The van der Waals surface area contributed by atoms with E-state index in [0.717, 1.165) is 60.8 Å². The van der Waals surface area contributed by atoms with Crippen LogP contribution < -0.4 is 4.90 Å². The number of aromatic nitrogens is 1. The van der Waals surface area contributed by atoms with Crippen LogP contribution in [0.4, 0.5) is 10.1 Å². The smallest absolute Gasteiger partial charge is 0.170 e. The Balaban J connectivity index is 1.37. The summed E-state index contributed by atoms with van der Waals surface area (Å²) in [5.41, 5.74) is 4.64. The number of anilines is 1. The number of carbonyl (C=O) groups is 1. The van der Waals surface area contributed by atoms with Crippen LogP contribution in [0.5, 0.6) is 0 Å². The highest BCUT2D eigenvalue weighted by Crippen LogP contribution is 2.27. The van der Waals surface area contributed by atoms with Crippen molar-refractivity contribution in [2.75, 3.05) is 31.1 Å². The molecule has 3 aromatic rings. The van der Waals surface area contributed by atoms with Crippen LogP contribution in [0.1, 0.15) is 28.5 Å². The Bertz CT molecular complexity index is 988. The summed E-state index contributed by atoms with van der Waals surface area (Å²) in [5, 5.41) is 4.26. The Labute approximate surface area is 169 Å². The van der Waals surface area contributed by atoms with Crippen molar-refractivity contribution >= 4 is 11.5 Å². The van der Waals surface area contributed by atoms with Gasteiger partial charge in [-0.05, 0) is 62.4 Å². The third-order valence-corrected chi connectivity index (χ3v) is 5.51. The normalized spacial score (nSPS) is 14.9. The molecule has 0 amide bonds. The SMILES string of the molecule is CC(=O)c1ccc(N2CCN(Cc3noc(-c4ccc(F)cc4)c3C)CC2)cc1. The lowest BCUT2D eigenvalue weighted by Gasteiger charge is -2.35. The molecule has 0 atom stereocenters. The zero-order chi connectivity index (χ0) is 20.4. The zero-order valence-electron chi connectivity index (χ0n) is 16.7. The summed E-state index contributed by atoms with van der Waals surface area (Å²) in [7, 11) is 0. The molecule has 0 radical (unpaired) electrons. The van der Waals surface area contributed by atoms with Gasteiger partial charge in [-0.25, -0.2) is 4.39 Å². The van der Waals surface area contributed by atoms with Crippen molar-refractivity contribution in [2.45, 2.75) is 20.4 Å². The van der Waals surface area contributed by atoms with Gasteiger partial charge in [0, 0.05) is 55.1 Å². The molecule has 29 heavy (non-hydrogen) atoms. The summed E-state index contributed by atoms with van der Waals surface area (Å²) in [6.45, 7) is 7.99. The van der Waals surface area contributed by atoms with Gasteiger partial charge in [0.05, 0.1) is 0 Å². The predicted octanol–water partition coefficient (Wildman–Crippen LogP) is 4.31. The van der Waals surface area contributed by atoms with Gasteiger partial charge in [-0.15, -0.1) is 0 Å². The van der Waals surface area contributed by atoms with E-state index in [1.807, 2.05) is 31.2 Å². The molecule has 2 aromatic carbocycles. The van der Waals surface area contributed by atoms with Crippen molar-refractivity contribution in [3.05, 3.63) is 71.2 Å². The molecule has 1 aromatic heterocycles. The molecule has 2 heterocycles. The lowest BCUT2D eigenvalue weighted by atomic mass is 10.1. The lowest BCUT2D eigenvalue weighted by Crippen LogP contribution is -2.46. The number of hydrogen-bond acceptors (Lipinski definition) is 5. The Morgan fingerprint density at radius 2 is 1.69 bits per heavy atom. The third kappa shape index (κ3) is 4.22. The predicted molar refractivity (Wildman–Crippen MR) is 111 cm³/mol. The van der Waals surface area contributed by atoms with Gasteiger partial charge < -0.3 is 9.42 Å². The van der Waals surface area contributed by atoms with Crippen LogP contribution in [0.15, 0.2) is 53.1 Å². The molecule has 0 aliphatic carbocycles. The maximum absolute atomic E-state index is 13.2. The van der Waals surface area contributed by atoms with Gasteiger partial charge in [0.15, 0.2) is 11.5 Å². The minimum Gasteiger partial charge on any atom is -0.369 e. The second-order valence-electron chi connectivity index (χ2n) is 7.46. The van der Waals surface area contributed by atoms with Crippen molar-refractivity contribution in [1.29, 1.82) is 0 Å². The maximum atomic E-state index is 13.2. The average Bonchev–Trinajstić information content (AvgIpc) is 3.09. The first kappa shape index (κ1) is 19.3. The Morgan fingerprint density at radius 3 is 2.31 bits per heavy atom. The molecule has 4 rings (SSSR count). The summed E-state index contributed by atoms with van der Waals surface area (Å²) in [5.74, 6) is 0.522. The molecular weight excluding hydrogens is 369 g/mol. The number of halogens is 1. The standard InChI is InChI=1S/C23H24FN3O2/c1-16-22(25-29-23(16)19-3-7-20(24)8-4-19)15-26-11-13-27(14-12-26)21-9-5-18(6-10-21)17(2)28/h3-10H,11-15H2,1-2H3. The molecule has 150 valence electrons. The summed E-state index contributed by atoms with van der Waals surface area (Å²) >= 11 is 0. The maximum Gasteiger partial charge on any atom is 0.170 e. The second-order valence-corrected chi connectivity index (χ2v) is 7.46. The average molecular weight is 393 g/mol. The number of rotatable bonds is 5. The van der Waals surface area contributed by atoms with E-state index in [1.54, 1.807) is 19.1 Å². The minimum absolute atomic E-state index is 0.0874. The third-order valence-electron chi connectivity index (χ3n) is 5.51. The Hall–Kier alpha value is -2.99. The summed E-state index contributed by atoms with van der Waals surface area (Å²) < 4.78 is 18.7. The first-order valence-corrected chi connectivity index (χ1v) is 9.80. The number of carbonyl (C=O) groups excluding carboxylic acids is 1. The number of hydrogen-bond donors (Lipinski definition) is 0. The van der Waals surface area contributed by atoms with E-state index in [1.165, 1.54) is 12.1 Å². The topological polar surface area (TPSA) is 49.6 Å². The van der Waals surface area contributed by atoms with Gasteiger partial charge in [-0.3, -0.25) is 9.69 Å². The van der Waals surface area contributed by atoms with Gasteiger partial charge in [0.1, 0.15) is 11.5 Å². The first-order valence-electron chi connectivity index (χ1n) is 9.80. The van der Waals surface area contributed by atoms with Crippen LogP contribution in [0.3, 0.4) is 0 Å². The largest absolute Gasteiger partial charge is 0.369 e. The molecule has 0 saturated carbocycles. The molecule has 1 fully saturated rings. The first-order chi connectivity index (χ1) is 14.0. The van der Waals surface area contributed by atoms with Crippen molar-refractivity contribution in [2.24, 2.45) is 0 Å². The number of Topliss-reactive ketones (excluding diaryl/α,β-unsaturated/α-hetero) is 1. The van der Waals surface area contributed by atoms with E-state index >= 15 is 0 Å². The summed E-state index contributed by atoms with van der Waals surface area (Å²) in [4.78, 5) is 16.1. The molecule has 0 bridgehead atoms. The zero-order valence-corrected chi connectivity index (χ0v) is 16.7. The van der Waals surface area contributed by atoms with Gasteiger partial charge >= 0.3 is 0 Å². The van der Waals surface area contributed by atoms with E-state index in [4.69, 9.17) is 4.52 Å². The quantitative estimate of drug-likeness (QED) is 0.605. The highest BCUT2D eigenvalue weighted by atomic mass is 19.1. The summed E-state index contributed by atoms with van der Waals surface area (Å²) in [6.07, 6.45) is 0. The highest BCUT2D eigenvalue weighted by molar-refractivity contribution is 5.94. The van der Waals surface area contributed by atoms with Crippen LogP contribution in [-0.2, 0) is 6.54 Å². The number of piperazine rings is 1. The van der Waals surface area contributed by atoms with Gasteiger partial charge in [-0.1, -0.05) is 5.16 Å². The van der Waals surface area contributed by atoms with Crippen LogP contribution >= 0.6 is 0 Å². The van der Waals surface area contributed by atoms with Crippen molar-refractivity contribution < 1.29 is 13.7 Å². The molecule has 1 saturated heterocycles. The number of nitrogens with zero attached hydrogens (tertiary/aromatic N) is 3. The Morgan fingerprint density at radius 1 is 1.03 bits per heavy atom. The fourth-order valence-electron chi connectivity index (χ4n) is 3.67. The number of ketones is 1. The molecule has 1 aliphatic rings. The molecule has 0 N–H and O–H groups in total. The van der Waals surface area contributed by atoms with E-state index in [0.29, 0.717) is 5.76 Å². The molecule has 6 heteroatoms. The molecule has 5 nitrogen and oxygen atoms in total. The minimum atomic E-state index is -0.264. The van der Waals surface area contributed by atoms with Gasteiger partial charge in [0.25, 0.3) is 0 Å². The van der Waals surface area contributed by atoms with Gasteiger partial charge in [0.2, 0.25) is 0 Å². The van der Waals surface area contributed by atoms with Crippen LogP contribution in [0, 0.1) is 12.7 Å². The highest BCUT2D eigenvalue weighted by Gasteiger charge is 2.21. The van der Waals surface area contributed by atoms with Crippen molar-refractivity contribution in [3.8, 4) is 11.3 Å². The fourth-order valence-corrected chi connectivity index (χ4v) is 3.67. The van der Waals surface area contributed by atoms with Crippen molar-refractivity contribution in [3.63, 3.8) is 0 Å². The lowest BCUT2D eigenvalue weighted by molar-refractivity contribution is 0.101. The molecule has 1 aliphatic heterocycles. The van der Waals surface area contributed by atoms with E-state index in [9.17, 15) is 9.18 Å². The van der Waals surface area contributed by atoms with E-state index in [-0.39, 0.29) is 11.6 Å². The number of benzene rings is 2. The Kier molecular flexibility index (Phi) is 5.45.